The fraction of sp³-hybridized carbons (Fsp3) is 0.143. The fourth-order valence-corrected chi connectivity index (χ4v) is 1.07. The lowest BCUT2D eigenvalue weighted by Gasteiger charge is -2.04. The van der Waals surface area contributed by atoms with Gasteiger partial charge in [0.15, 0.2) is 0 Å². The van der Waals surface area contributed by atoms with Crippen LogP contribution in [0, 0.1) is 0 Å². The molecule has 11 heavy (non-hydrogen) atoms. The van der Waals surface area contributed by atoms with Crippen molar-refractivity contribution in [2.45, 2.75) is 0 Å². The Morgan fingerprint density at radius 2 is 2.27 bits per heavy atom. The number of halogens is 1. The average molecular weight is 170 g/mol. The van der Waals surface area contributed by atoms with Crippen molar-refractivity contribution in [3.63, 3.8) is 0 Å². The Morgan fingerprint density at radius 3 is 2.82 bits per heavy atom. The predicted octanol–water partition coefficient (Wildman–Crippen LogP) is 0.318. The van der Waals surface area contributed by atoms with Gasteiger partial charge >= 0.3 is 7.48 Å². The molecule has 1 aromatic rings. The maximum Gasteiger partial charge on any atom is 0.308 e. The normalized spacial score (nSPS) is 9.36. The van der Waals surface area contributed by atoms with Crippen molar-refractivity contribution in [3.8, 4) is 5.75 Å². The van der Waals surface area contributed by atoms with Gasteiger partial charge in [-0.25, -0.2) is 0 Å². The van der Waals surface area contributed by atoms with E-state index in [0.717, 1.165) is 0 Å². The van der Waals surface area contributed by atoms with Gasteiger partial charge in [-0.05, 0) is 23.7 Å². The molecule has 0 atom stereocenters. The molecule has 0 aliphatic rings. The Labute approximate surface area is 71.0 Å². The molecule has 0 amide bonds. The first-order valence-electron chi connectivity index (χ1n) is 3.21. The molecule has 58 valence electrons. The van der Waals surface area contributed by atoms with Gasteiger partial charge in [0.25, 0.3) is 0 Å². The van der Waals surface area contributed by atoms with Crippen LogP contribution in [0.5, 0.6) is 5.75 Å². The predicted molar refractivity (Wildman–Crippen MR) is 47.0 cm³/mol. The molecule has 0 aliphatic heterocycles. The minimum absolute atomic E-state index is 0.0519. The molecule has 0 radical (unpaired) electrons. The van der Waals surface area contributed by atoms with Crippen molar-refractivity contribution in [3.05, 3.63) is 23.2 Å². The second-order valence-electron chi connectivity index (χ2n) is 2.11. The summed E-state index contributed by atoms with van der Waals surface area (Å²) in [7, 11) is 1.51. The Bertz CT molecular complexity index is 252. The molecule has 0 bridgehead atoms. The fourth-order valence-electron chi connectivity index (χ4n) is 0.871. The standard InChI is InChI=1S/C7H8BClO2/c1-11-7-3-2-5(9)4-6(7)8-10/h2-4,8,10H,1H3. The van der Waals surface area contributed by atoms with Crippen LogP contribution in [0.1, 0.15) is 0 Å². The van der Waals surface area contributed by atoms with Crippen LogP contribution in [0.2, 0.25) is 5.02 Å². The van der Waals surface area contributed by atoms with Crippen LogP contribution in [0.15, 0.2) is 18.2 Å². The lowest BCUT2D eigenvalue weighted by atomic mass is 9.88. The summed E-state index contributed by atoms with van der Waals surface area (Å²) in [5.74, 6) is 0.664. The van der Waals surface area contributed by atoms with E-state index in [1.807, 2.05) is 0 Å². The molecule has 0 aromatic heterocycles. The van der Waals surface area contributed by atoms with Gasteiger partial charge in [0.05, 0.1) is 7.11 Å². The van der Waals surface area contributed by atoms with Crippen LogP contribution >= 0.6 is 11.6 Å². The molecule has 0 unspecified atom stereocenters. The first-order valence-corrected chi connectivity index (χ1v) is 3.59. The van der Waals surface area contributed by atoms with E-state index in [1.165, 1.54) is 0 Å². The van der Waals surface area contributed by atoms with Gasteiger partial charge in [0, 0.05) is 5.02 Å². The van der Waals surface area contributed by atoms with E-state index < -0.39 is 0 Å². The van der Waals surface area contributed by atoms with Crippen molar-refractivity contribution in [2.24, 2.45) is 0 Å². The molecule has 0 heterocycles. The summed E-state index contributed by atoms with van der Waals surface area (Å²) >= 11 is 5.69. The zero-order valence-electron chi connectivity index (χ0n) is 6.17. The van der Waals surface area contributed by atoms with Gasteiger partial charge in [0.1, 0.15) is 5.75 Å². The molecule has 0 saturated heterocycles. The minimum Gasteiger partial charge on any atom is -0.497 e. The molecule has 1 rings (SSSR count). The smallest absolute Gasteiger partial charge is 0.308 e. The summed E-state index contributed by atoms with van der Waals surface area (Å²) in [6, 6.07) is 5.13. The van der Waals surface area contributed by atoms with E-state index >= 15 is 0 Å². The van der Waals surface area contributed by atoms with E-state index in [9.17, 15) is 0 Å². The van der Waals surface area contributed by atoms with Crippen LogP contribution in [0.25, 0.3) is 0 Å². The molecule has 1 N–H and O–H groups in total. The lowest BCUT2D eigenvalue weighted by Crippen LogP contribution is -2.15. The van der Waals surface area contributed by atoms with Gasteiger partial charge in [-0.15, -0.1) is 0 Å². The SMILES string of the molecule is COc1ccc(Cl)cc1BO. The molecule has 0 fully saturated rings. The summed E-state index contributed by atoms with van der Waals surface area (Å²) in [6.45, 7) is 0. The van der Waals surface area contributed by atoms with Crippen LogP contribution in [0.3, 0.4) is 0 Å². The van der Waals surface area contributed by atoms with E-state index in [4.69, 9.17) is 21.4 Å². The topological polar surface area (TPSA) is 29.5 Å². The second kappa shape index (κ2) is 3.65. The quantitative estimate of drug-likeness (QED) is 0.648. The van der Waals surface area contributed by atoms with Gasteiger partial charge in [-0.1, -0.05) is 11.6 Å². The maximum absolute atomic E-state index is 8.84. The van der Waals surface area contributed by atoms with E-state index in [0.29, 0.717) is 16.2 Å². The number of benzene rings is 1. The van der Waals surface area contributed by atoms with Crippen molar-refractivity contribution in [2.75, 3.05) is 7.11 Å². The average Bonchev–Trinajstić information content (AvgIpc) is 2.04. The molecule has 0 spiro atoms. The van der Waals surface area contributed by atoms with Crippen LogP contribution in [0.4, 0.5) is 0 Å². The number of ether oxygens (including phenoxy) is 1. The highest BCUT2D eigenvalue weighted by molar-refractivity contribution is 6.47. The first-order chi connectivity index (χ1) is 5.27. The molecule has 1 aromatic carbocycles. The Balaban J connectivity index is 3.06. The zero-order valence-corrected chi connectivity index (χ0v) is 6.93. The third-order valence-corrected chi connectivity index (χ3v) is 1.65. The van der Waals surface area contributed by atoms with E-state index in [2.05, 4.69) is 0 Å². The Kier molecular flexibility index (Phi) is 2.80. The van der Waals surface area contributed by atoms with Crippen molar-refractivity contribution < 1.29 is 9.76 Å². The molecule has 0 aliphatic carbocycles. The van der Waals surface area contributed by atoms with Gasteiger partial charge in [0.2, 0.25) is 0 Å². The third kappa shape index (κ3) is 1.88. The Hall–Kier alpha value is -0.665. The monoisotopic (exact) mass is 170 g/mol. The minimum atomic E-state index is -0.0519. The summed E-state index contributed by atoms with van der Waals surface area (Å²) < 4.78 is 4.97. The van der Waals surface area contributed by atoms with Gasteiger partial charge in [-0.2, -0.15) is 0 Å². The number of hydrogen-bond acceptors (Lipinski definition) is 2. The number of methoxy groups -OCH3 is 1. The molecular weight excluding hydrogens is 162 g/mol. The van der Waals surface area contributed by atoms with Gasteiger partial charge in [-0.3, -0.25) is 0 Å². The molecular formula is C7H8BClO2. The molecule has 4 heteroatoms. The van der Waals surface area contributed by atoms with Crippen LogP contribution in [-0.4, -0.2) is 19.6 Å². The summed E-state index contributed by atoms with van der Waals surface area (Å²) in [5.41, 5.74) is 0.708. The van der Waals surface area contributed by atoms with E-state index in [1.54, 1.807) is 25.3 Å². The highest BCUT2D eigenvalue weighted by Crippen LogP contribution is 2.12. The molecule has 0 saturated carbocycles. The van der Waals surface area contributed by atoms with Crippen LogP contribution in [-0.2, 0) is 0 Å². The summed E-state index contributed by atoms with van der Waals surface area (Å²) in [6.07, 6.45) is 0. The lowest BCUT2D eigenvalue weighted by molar-refractivity contribution is 0.417. The summed E-state index contributed by atoms with van der Waals surface area (Å²) in [5, 5.41) is 9.44. The highest BCUT2D eigenvalue weighted by Gasteiger charge is 2.02. The first kappa shape index (κ1) is 8.43. The van der Waals surface area contributed by atoms with E-state index in [-0.39, 0.29) is 7.48 Å². The third-order valence-electron chi connectivity index (χ3n) is 1.41. The highest BCUT2D eigenvalue weighted by atomic mass is 35.5. The Morgan fingerprint density at radius 1 is 1.55 bits per heavy atom. The van der Waals surface area contributed by atoms with Crippen LogP contribution < -0.4 is 10.2 Å². The number of rotatable bonds is 2. The maximum atomic E-state index is 8.84. The zero-order chi connectivity index (χ0) is 8.27. The van der Waals surface area contributed by atoms with Crippen molar-refractivity contribution >= 4 is 24.5 Å². The van der Waals surface area contributed by atoms with Gasteiger partial charge < -0.3 is 9.76 Å². The summed E-state index contributed by atoms with van der Waals surface area (Å²) in [4.78, 5) is 0. The second-order valence-corrected chi connectivity index (χ2v) is 2.55. The number of hydrogen-bond donors (Lipinski definition) is 1. The molecule has 2 nitrogen and oxygen atoms in total. The largest absolute Gasteiger partial charge is 0.497 e. The van der Waals surface area contributed by atoms with Crippen molar-refractivity contribution in [1.82, 2.24) is 0 Å². The van der Waals surface area contributed by atoms with Crippen molar-refractivity contribution in [1.29, 1.82) is 0 Å².